The van der Waals surface area contributed by atoms with Crippen molar-refractivity contribution >= 4 is 21.9 Å². The zero-order valence-electron chi connectivity index (χ0n) is 17.9. The van der Waals surface area contributed by atoms with E-state index in [1.54, 1.807) is 0 Å². The third-order valence-electron chi connectivity index (χ3n) is 6.49. The number of hydrogen-bond acceptors (Lipinski definition) is 5. The van der Waals surface area contributed by atoms with Crippen molar-refractivity contribution in [2.45, 2.75) is 12.8 Å². The van der Waals surface area contributed by atoms with Gasteiger partial charge in [0, 0.05) is 35.9 Å². The highest BCUT2D eigenvalue weighted by Gasteiger charge is 2.34. The molecule has 0 bridgehead atoms. The molecule has 0 amide bonds. The van der Waals surface area contributed by atoms with Crippen molar-refractivity contribution < 1.29 is 9.47 Å². The van der Waals surface area contributed by atoms with E-state index >= 15 is 0 Å². The summed E-state index contributed by atoms with van der Waals surface area (Å²) in [6.45, 7) is 6.63. The second kappa shape index (κ2) is 7.04. The lowest BCUT2D eigenvalue weighted by Gasteiger charge is -2.37. The molecule has 2 aliphatic heterocycles. The topological polar surface area (TPSA) is 52.4 Å². The van der Waals surface area contributed by atoms with Gasteiger partial charge in [0.2, 0.25) is 0 Å². The fourth-order valence-corrected chi connectivity index (χ4v) is 4.49. The van der Waals surface area contributed by atoms with E-state index in [0.717, 1.165) is 54.4 Å². The molecule has 6 heteroatoms. The molecule has 4 aromatic rings. The molecule has 31 heavy (non-hydrogen) atoms. The van der Waals surface area contributed by atoms with E-state index in [2.05, 4.69) is 60.3 Å². The molecule has 2 aliphatic rings. The van der Waals surface area contributed by atoms with Gasteiger partial charge < -0.3 is 14.4 Å². The molecule has 6 rings (SSSR count). The fourth-order valence-electron chi connectivity index (χ4n) is 4.49. The number of likely N-dealkylation sites (tertiary alicyclic amines) is 1. The maximum atomic E-state index is 6.00. The van der Waals surface area contributed by atoms with Crippen LogP contribution in [0.15, 0.2) is 54.9 Å². The van der Waals surface area contributed by atoms with Crippen LogP contribution in [0.3, 0.4) is 0 Å². The van der Waals surface area contributed by atoms with Gasteiger partial charge in [-0.1, -0.05) is 13.0 Å². The van der Waals surface area contributed by atoms with Gasteiger partial charge in [-0.2, -0.15) is 0 Å². The van der Waals surface area contributed by atoms with Gasteiger partial charge in [0.15, 0.2) is 0 Å². The van der Waals surface area contributed by atoms with Crippen LogP contribution in [-0.2, 0) is 4.74 Å². The molecular formula is C25H26N4O2. The summed E-state index contributed by atoms with van der Waals surface area (Å²) >= 11 is 0. The van der Waals surface area contributed by atoms with Crippen LogP contribution < -0.4 is 4.74 Å². The van der Waals surface area contributed by atoms with E-state index in [-0.39, 0.29) is 5.41 Å². The monoisotopic (exact) mass is 414 g/mol. The summed E-state index contributed by atoms with van der Waals surface area (Å²) in [5.74, 6) is 2.35. The summed E-state index contributed by atoms with van der Waals surface area (Å²) in [5.41, 5.74) is 4.46. The van der Waals surface area contributed by atoms with Crippen LogP contribution in [0.5, 0.6) is 5.75 Å². The summed E-state index contributed by atoms with van der Waals surface area (Å²) in [6, 6.07) is 16.9. The first-order valence-corrected chi connectivity index (χ1v) is 10.8. The quantitative estimate of drug-likeness (QED) is 0.494. The minimum absolute atomic E-state index is 0.123. The maximum absolute atomic E-state index is 6.00. The predicted molar refractivity (Wildman–Crippen MR) is 121 cm³/mol. The summed E-state index contributed by atoms with van der Waals surface area (Å²) in [6.07, 6.45) is 1.84. The number of rotatable bonds is 5. The van der Waals surface area contributed by atoms with Crippen LogP contribution in [0, 0.1) is 5.41 Å². The van der Waals surface area contributed by atoms with Gasteiger partial charge >= 0.3 is 0 Å². The lowest BCUT2D eigenvalue weighted by molar-refractivity contribution is -0.120. The molecule has 2 aromatic heterocycles. The van der Waals surface area contributed by atoms with Crippen molar-refractivity contribution in [3.8, 4) is 11.6 Å². The molecule has 158 valence electrons. The zero-order valence-corrected chi connectivity index (χ0v) is 17.9. The Morgan fingerprint density at radius 3 is 2.71 bits per heavy atom. The van der Waals surface area contributed by atoms with Gasteiger partial charge in [-0.15, -0.1) is 0 Å². The highest BCUT2D eigenvalue weighted by atomic mass is 16.5. The molecular weight excluding hydrogens is 388 g/mol. The standard InChI is InChI=1S/C25H26N4O2/c1-25(13-30-14-25)15-31-20-5-7-23-22(10-20)26-16-29(23)24-8-4-18-9-17(3-6-21(18)27-24)19-11-28(2)12-19/h3-10,16,19H,11-15H2,1-2H3. The van der Waals surface area contributed by atoms with Gasteiger partial charge in [-0.3, -0.25) is 4.57 Å². The number of nitrogens with zero attached hydrogens (tertiary/aromatic N) is 4. The van der Waals surface area contributed by atoms with Crippen LogP contribution in [0.25, 0.3) is 27.8 Å². The average Bonchev–Trinajstić information content (AvgIpc) is 3.17. The van der Waals surface area contributed by atoms with E-state index in [1.165, 1.54) is 10.9 Å². The molecule has 2 fully saturated rings. The van der Waals surface area contributed by atoms with Crippen molar-refractivity contribution in [3.05, 3.63) is 60.4 Å². The number of hydrogen-bond donors (Lipinski definition) is 0. The molecule has 0 spiro atoms. The number of ether oxygens (including phenoxy) is 2. The van der Waals surface area contributed by atoms with Gasteiger partial charge in [0.25, 0.3) is 0 Å². The molecule has 0 unspecified atom stereocenters. The van der Waals surface area contributed by atoms with Crippen molar-refractivity contribution in [1.82, 2.24) is 19.4 Å². The van der Waals surface area contributed by atoms with Crippen molar-refractivity contribution in [2.24, 2.45) is 5.41 Å². The third-order valence-corrected chi connectivity index (χ3v) is 6.49. The van der Waals surface area contributed by atoms with Crippen molar-refractivity contribution in [1.29, 1.82) is 0 Å². The number of likely N-dealkylation sites (N-methyl/N-ethyl adjacent to an activating group) is 1. The zero-order chi connectivity index (χ0) is 21.0. The molecule has 2 aromatic carbocycles. The Labute approximate surface area is 181 Å². The van der Waals surface area contributed by atoms with Crippen molar-refractivity contribution in [2.75, 3.05) is 40.0 Å². The molecule has 2 saturated heterocycles. The van der Waals surface area contributed by atoms with Crippen LogP contribution in [0.4, 0.5) is 0 Å². The fraction of sp³-hybridized carbons (Fsp3) is 0.360. The van der Waals surface area contributed by atoms with E-state index in [9.17, 15) is 0 Å². The number of benzene rings is 2. The molecule has 6 nitrogen and oxygen atoms in total. The molecule has 4 heterocycles. The molecule has 0 radical (unpaired) electrons. The largest absolute Gasteiger partial charge is 0.493 e. The van der Waals surface area contributed by atoms with Gasteiger partial charge in [-0.05, 0) is 49.0 Å². The van der Waals surface area contributed by atoms with Crippen LogP contribution >= 0.6 is 0 Å². The lowest BCUT2D eigenvalue weighted by atomic mass is 9.90. The molecule has 0 aliphatic carbocycles. The van der Waals surface area contributed by atoms with Crippen LogP contribution in [0.1, 0.15) is 18.4 Å². The maximum Gasteiger partial charge on any atom is 0.139 e. The Balaban J connectivity index is 1.26. The number of aromatic nitrogens is 3. The highest BCUT2D eigenvalue weighted by molar-refractivity contribution is 5.82. The lowest BCUT2D eigenvalue weighted by Crippen LogP contribution is -2.44. The van der Waals surface area contributed by atoms with Crippen LogP contribution in [-0.4, -0.2) is 59.4 Å². The molecule has 0 saturated carbocycles. The smallest absolute Gasteiger partial charge is 0.139 e. The Hall–Kier alpha value is -2.96. The van der Waals surface area contributed by atoms with E-state index in [4.69, 9.17) is 14.5 Å². The highest BCUT2D eigenvalue weighted by Crippen LogP contribution is 2.30. The molecule has 0 N–H and O–H groups in total. The van der Waals surface area contributed by atoms with E-state index in [1.807, 2.05) is 23.0 Å². The second-order valence-electron chi connectivity index (χ2n) is 9.40. The van der Waals surface area contributed by atoms with Gasteiger partial charge in [0.05, 0.1) is 36.4 Å². The Kier molecular flexibility index (Phi) is 4.26. The normalized spacial score (nSPS) is 18.8. The number of imidazole rings is 1. The van der Waals surface area contributed by atoms with Crippen molar-refractivity contribution in [3.63, 3.8) is 0 Å². The predicted octanol–water partition coefficient (Wildman–Crippen LogP) is 4.02. The summed E-state index contributed by atoms with van der Waals surface area (Å²) in [4.78, 5) is 11.8. The van der Waals surface area contributed by atoms with E-state index < -0.39 is 0 Å². The van der Waals surface area contributed by atoms with Crippen LogP contribution in [0.2, 0.25) is 0 Å². The first-order chi connectivity index (χ1) is 15.1. The summed E-state index contributed by atoms with van der Waals surface area (Å²) in [7, 11) is 2.17. The second-order valence-corrected chi connectivity index (χ2v) is 9.40. The number of fused-ring (bicyclic) bond motifs is 2. The summed E-state index contributed by atoms with van der Waals surface area (Å²) in [5, 5.41) is 1.18. The Morgan fingerprint density at radius 1 is 1.06 bits per heavy atom. The number of pyridine rings is 1. The average molecular weight is 415 g/mol. The van der Waals surface area contributed by atoms with E-state index in [0.29, 0.717) is 12.5 Å². The summed E-state index contributed by atoms with van der Waals surface area (Å²) < 4.78 is 13.3. The minimum atomic E-state index is 0.123. The Morgan fingerprint density at radius 2 is 1.94 bits per heavy atom. The SMILES string of the molecule is CN1CC(c2ccc3nc(-n4cnc5cc(OCC6(C)COC6)ccc54)ccc3c2)C1. The van der Waals surface area contributed by atoms with Gasteiger partial charge in [-0.25, -0.2) is 9.97 Å². The first kappa shape index (κ1) is 18.8. The first-order valence-electron chi connectivity index (χ1n) is 10.8. The molecule has 0 atom stereocenters. The minimum Gasteiger partial charge on any atom is -0.493 e. The Bertz CT molecular complexity index is 1270. The van der Waals surface area contributed by atoms with Gasteiger partial charge in [0.1, 0.15) is 17.9 Å². The third kappa shape index (κ3) is 3.36.